The molecular formula is C21H20BrN3O5. The quantitative estimate of drug-likeness (QED) is 0.570. The molecule has 0 fully saturated rings. The van der Waals surface area contributed by atoms with E-state index < -0.39 is 18.0 Å². The van der Waals surface area contributed by atoms with Gasteiger partial charge in [0.25, 0.3) is 5.91 Å². The smallest absolute Gasteiger partial charge is 0.320 e. The summed E-state index contributed by atoms with van der Waals surface area (Å²) in [4.78, 5) is 36.1. The van der Waals surface area contributed by atoms with Gasteiger partial charge < -0.3 is 25.8 Å². The standard InChI is InChI=1S/C21H20BrN3O5/c1-11(26)18-19(12-6-4-3-5-7-12)24-21(28)25-20(18)13-8-15(29-2)16(9-14(13)22)30-10-17(23)27/h3-9,20H,10H2,1-2H3,(H2,23,27)(H2,24,25,28)/t20-/m0/s1. The van der Waals surface area contributed by atoms with Gasteiger partial charge in [-0.3, -0.25) is 9.59 Å². The van der Waals surface area contributed by atoms with E-state index in [1.165, 1.54) is 14.0 Å². The summed E-state index contributed by atoms with van der Waals surface area (Å²) in [5.41, 5.74) is 7.28. The van der Waals surface area contributed by atoms with E-state index in [2.05, 4.69) is 26.6 Å². The van der Waals surface area contributed by atoms with Gasteiger partial charge in [-0.1, -0.05) is 46.3 Å². The predicted octanol–water partition coefficient (Wildman–Crippen LogP) is 2.68. The van der Waals surface area contributed by atoms with Crippen molar-refractivity contribution in [1.82, 2.24) is 10.6 Å². The van der Waals surface area contributed by atoms with E-state index in [9.17, 15) is 14.4 Å². The zero-order chi connectivity index (χ0) is 21.8. The molecule has 0 aliphatic carbocycles. The summed E-state index contributed by atoms with van der Waals surface area (Å²) in [5, 5.41) is 5.54. The third-order valence-corrected chi connectivity index (χ3v) is 5.16. The second-order valence-electron chi connectivity index (χ2n) is 6.52. The maximum absolute atomic E-state index is 12.6. The monoisotopic (exact) mass is 473 g/mol. The number of methoxy groups -OCH3 is 1. The molecule has 1 aliphatic rings. The molecule has 3 amide bonds. The first-order chi connectivity index (χ1) is 14.3. The van der Waals surface area contributed by atoms with E-state index in [0.29, 0.717) is 38.4 Å². The van der Waals surface area contributed by atoms with Crippen molar-refractivity contribution in [2.24, 2.45) is 5.73 Å². The van der Waals surface area contributed by atoms with E-state index in [4.69, 9.17) is 15.2 Å². The Bertz CT molecular complexity index is 1040. The van der Waals surface area contributed by atoms with Crippen LogP contribution >= 0.6 is 15.9 Å². The van der Waals surface area contributed by atoms with Crippen LogP contribution in [0, 0.1) is 0 Å². The summed E-state index contributed by atoms with van der Waals surface area (Å²) in [6, 6.07) is 11.2. The predicted molar refractivity (Wildman–Crippen MR) is 114 cm³/mol. The first kappa shape index (κ1) is 21.4. The summed E-state index contributed by atoms with van der Waals surface area (Å²) in [6.07, 6.45) is 0. The summed E-state index contributed by atoms with van der Waals surface area (Å²) >= 11 is 3.47. The molecule has 0 saturated carbocycles. The highest BCUT2D eigenvalue weighted by Crippen LogP contribution is 2.40. The van der Waals surface area contributed by atoms with Crippen molar-refractivity contribution in [3.63, 3.8) is 0 Å². The molecule has 0 unspecified atom stereocenters. The molecule has 0 saturated heterocycles. The summed E-state index contributed by atoms with van der Waals surface area (Å²) < 4.78 is 11.3. The van der Waals surface area contributed by atoms with Gasteiger partial charge in [0, 0.05) is 10.0 Å². The van der Waals surface area contributed by atoms with Crippen LogP contribution in [0.1, 0.15) is 24.1 Å². The summed E-state index contributed by atoms with van der Waals surface area (Å²) in [5.74, 6) is -0.210. The fourth-order valence-electron chi connectivity index (χ4n) is 3.20. The highest BCUT2D eigenvalue weighted by molar-refractivity contribution is 9.10. The van der Waals surface area contributed by atoms with Gasteiger partial charge in [0.2, 0.25) is 0 Å². The zero-order valence-electron chi connectivity index (χ0n) is 16.3. The molecule has 3 rings (SSSR count). The topological polar surface area (TPSA) is 120 Å². The number of urea groups is 1. The Morgan fingerprint density at radius 2 is 1.87 bits per heavy atom. The normalized spacial score (nSPS) is 15.8. The Labute approximate surface area is 181 Å². The molecule has 8 nitrogen and oxygen atoms in total. The van der Waals surface area contributed by atoms with Crippen LogP contribution in [0.5, 0.6) is 11.5 Å². The third-order valence-electron chi connectivity index (χ3n) is 4.48. The van der Waals surface area contributed by atoms with Gasteiger partial charge in [-0.25, -0.2) is 4.79 Å². The number of ether oxygens (including phenoxy) is 2. The lowest BCUT2D eigenvalue weighted by Gasteiger charge is -2.30. The van der Waals surface area contributed by atoms with E-state index in [1.54, 1.807) is 12.1 Å². The number of rotatable bonds is 7. The van der Waals surface area contributed by atoms with E-state index in [0.717, 1.165) is 0 Å². The average molecular weight is 474 g/mol. The Hall–Kier alpha value is -3.33. The molecule has 1 aliphatic heterocycles. The van der Waals surface area contributed by atoms with E-state index >= 15 is 0 Å². The minimum atomic E-state index is -0.736. The Balaban J connectivity index is 2.14. The van der Waals surface area contributed by atoms with Gasteiger partial charge in [-0.2, -0.15) is 0 Å². The van der Waals surface area contributed by atoms with Gasteiger partial charge in [0.15, 0.2) is 23.9 Å². The molecule has 0 radical (unpaired) electrons. The second-order valence-corrected chi connectivity index (χ2v) is 7.38. The maximum Gasteiger partial charge on any atom is 0.320 e. The summed E-state index contributed by atoms with van der Waals surface area (Å²) in [6.45, 7) is 1.13. The second kappa shape index (κ2) is 9.00. The number of nitrogens with two attached hydrogens (primary N) is 1. The van der Waals surface area contributed by atoms with Gasteiger partial charge in [-0.15, -0.1) is 0 Å². The van der Waals surface area contributed by atoms with Crippen molar-refractivity contribution in [1.29, 1.82) is 0 Å². The van der Waals surface area contributed by atoms with Crippen LogP contribution in [0.25, 0.3) is 5.70 Å². The van der Waals surface area contributed by atoms with Crippen LogP contribution in [0.15, 0.2) is 52.5 Å². The molecule has 156 valence electrons. The molecule has 0 spiro atoms. The number of halogens is 1. The molecule has 1 heterocycles. The Morgan fingerprint density at radius 1 is 1.17 bits per heavy atom. The lowest BCUT2D eigenvalue weighted by atomic mass is 9.90. The highest BCUT2D eigenvalue weighted by atomic mass is 79.9. The molecular weight excluding hydrogens is 454 g/mol. The van der Waals surface area contributed by atoms with Crippen molar-refractivity contribution in [3.8, 4) is 11.5 Å². The zero-order valence-corrected chi connectivity index (χ0v) is 17.9. The van der Waals surface area contributed by atoms with Gasteiger partial charge in [-0.05, 0) is 30.2 Å². The van der Waals surface area contributed by atoms with Gasteiger partial charge in [0.1, 0.15) is 0 Å². The molecule has 0 aromatic heterocycles. The first-order valence-electron chi connectivity index (χ1n) is 8.98. The van der Waals surface area contributed by atoms with Crippen molar-refractivity contribution in [3.05, 3.63) is 63.6 Å². The third kappa shape index (κ3) is 4.46. The molecule has 9 heteroatoms. The first-order valence-corrected chi connectivity index (χ1v) is 9.77. The van der Waals surface area contributed by atoms with Crippen molar-refractivity contribution in [2.45, 2.75) is 13.0 Å². The maximum atomic E-state index is 12.6. The molecule has 2 aromatic rings. The lowest BCUT2D eigenvalue weighted by Crippen LogP contribution is -2.44. The minimum Gasteiger partial charge on any atom is -0.493 e. The SMILES string of the molecule is COc1cc([C@@H]2NC(=O)NC(c3ccccc3)=C2C(C)=O)c(Br)cc1OCC(N)=O. The molecule has 4 N–H and O–H groups in total. The fraction of sp³-hybridized carbons (Fsp3) is 0.190. The van der Waals surface area contributed by atoms with Gasteiger partial charge in [0.05, 0.1) is 18.8 Å². The van der Waals surface area contributed by atoms with Crippen LogP contribution in [-0.2, 0) is 9.59 Å². The number of amides is 3. The van der Waals surface area contributed by atoms with Crippen LogP contribution in [0.3, 0.4) is 0 Å². The average Bonchev–Trinajstić information content (AvgIpc) is 2.72. The molecule has 0 bridgehead atoms. The number of primary amides is 1. The lowest BCUT2D eigenvalue weighted by molar-refractivity contribution is -0.120. The Kier molecular flexibility index (Phi) is 6.41. The summed E-state index contributed by atoms with van der Waals surface area (Å²) in [7, 11) is 1.45. The molecule has 1 atom stereocenters. The highest BCUT2D eigenvalue weighted by Gasteiger charge is 2.33. The number of nitrogens with one attached hydrogen (secondary N) is 2. The Morgan fingerprint density at radius 3 is 2.47 bits per heavy atom. The van der Waals surface area contributed by atoms with E-state index in [-0.39, 0.29) is 12.4 Å². The van der Waals surface area contributed by atoms with Crippen LogP contribution in [-0.4, -0.2) is 31.4 Å². The minimum absolute atomic E-state index is 0.203. The largest absolute Gasteiger partial charge is 0.493 e. The number of Topliss-reactive ketones (excluding diaryl/α,β-unsaturated/α-hetero) is 1. The van der Waals surface area contributed by atoms with Crippen LogP contribution < -0.4 is 25.8 Å². The number of hydrogen-bond acceptors (Lipinski definition) is 5. The van der Waals surface area contributed by atoms with Crippen LogP contribution in [0.4, 0.5) is 4.79 Å². The van der Waals surface area contributed by atoms with Gasteiger partial charge >= 0.3 is 6.03 Å². The van der Waals surface area contributed by atoms with Crippen molar-refractivity contribution < 1.29 is 23.9 Å². The number of carbonyl (C=O) groups is 3. The van der Waals surface area contributed by atoms with Crippen molar-refractivity contribution >= 4 is 39.3 Å². The van der Waals surface area contributed by atoms with E-state index in [1.807, 2.05) is 30.3 Å². The molecule has 30 heavy (non-hydrogen) atoms. The number of benzene rings is 2. The molecule has 2 aromatic carbocycles. The fourth-order valence-corrected chi connectivity index (χ4v) is 3.75. The van der Waals surface area contributed by atoms with Crippen molar-refractivity contribution in [2.75, 3.05) is 13.7 Å². The number of ketones is 1. The van der Waals surface area contributed by atoms with Crippen LogP contribution in [0.2, 0.25) is 0 Å². The number of carbonyl (C=O) groups excluding carboxylic acids is 3. The number of hydrogen-bond donors (Lipinski definition) is 3.